The van der Waals surface area contributed by atoms with E-state index in [0.717, 1.165) is 5.56 Å². The minimum atomic E-state index is -4.30. The van der Waals surface area contributed by atoms with Crippen LogP contribution in [0.5, 0.6) is 5.75 Å². The molecule has 1 aromatic carbocycles. The SMILES string of the molecule is CC(C)CC1C(=O)NC(C(=O)CCC(=O)NCCCNC(=O)CN2CCN(CC(=O)O)CC(=O)[O][111In]3[O]C(=O)CN(CC2)CC(=O)[O]3)Cc2ccc(cc2)OCCCC1C(=O)CO. The van der Waals surface area contributed by atoms with E-state index in [-0.39, 0.29) is 89.9 Å². The molecule has 4 bridgehead atoms. The molecule has 22 heteroatoms. The zero-order chi connectivity index (χ0) is 45.9. The van der Waals surface area contributed by atoms with E-state index < -0.39 is 108 Å². The van der Waals surface area contributed by atoms with E-state index in [9.17, 15) is 53.4 Å². The topological polar surface area (TPSA) is 277 Å². The monoisotopic (exact) mass is 986 g/mol. The molecule has 5 N–H and O–H groups in total. The zero-order valence-electron chi connectivity index (χ0n) is 35.9. The number of aliphatic hydroxyl groups is 1. The Kier molecular flexibility index (Phi) is 21.2. The van der Waals surface area contributed by atoms with Crippen molar-refractivity contribution >= 4 is 75.9 Å². The number of hydrogen-bond acceptors (Lipinski definition) is 17. The quantitative estimate of drug-likeness (QED) is 0.0915. The fraction of sp³-hybridized carbons (Fsp3) is 0.634. The van der Waals surface area contributed by atoms with Crippen LogP contribution in [-0.2, 0) is 58.1 Å². The molecule has 0 aliphatic carbocycles. The number of hydrogen-bond donors (Lipinski definition) is 5. The van der Waals surface area contributed by atoms with Gasteiger partial charge in [0, 0.05) is 31.2 Å². The number of aliphatic carboxylic acids is 1. The number of carbonyl (C=O) groups is 9. The number of aliphatic hydroxyl groups excluding tert-OH is 1. The Labute approximate surface area is 375 Å². The van der Waals surface area contributed by atoms with Crippen LogP contribution in [0.25, 0.3) is 0 Å². The number of carbonyl (C=O) groups excluding carboxylic acids is 8. The first-order valence-electron chi connectivity index (χ1n) is 21.3. The molecule has 0 radical (unpaired) electrons. The Balaban J connectivity index is 1.29. The van der Waals surface area contributed by atoms with Gasteiger partial charge in [0.05, 0.1) is 12.6 Å². The first-order chi connectivity index (χ1) is 30.1. The van der Waals surface area contributed by atoms with Crippen molar-refractivity contribution in [2.24, 2.45) is 17.8 Å². The first kappa shape index (κ1) is 51.0. The molecule has 21 nitrogen and oxygen atoms in total. The van der Waals surface area contributed by atoms with Gasteiger partial charge in [-0.1, -0.05) is 26.0 Å². The molecule has 3 fully saturated rings. The number of Topliss-reactive ketones (excluding diaryl/α,β-unsaturated/α-hetero) is 2. The number of nitrogens with one attached hydrogen (secondary N) is 3. The van der Waals surface area contributed by atoms with Crippen molar-refractivity contribution in [1.29, 1.82) is 0 Å². The molecular formula is C41H59InN6O15. The largest absolute Gasteiger partial charge is 0.494 e. The summed E-state index contributed by atoms with van der Waals surface area (Å²) in [5.74, 6) is -6.53. The van der Waals surface area contributed by atoms with E-state index in [1.54, 1.807) is 17.0 Å². The summed E-state index contributed by atoms with van der Waals surface area (Å²) in [6, 6.07) is 6.16. The predicted molar refractivity (Wildman–Crippen MR) is 221 cm³/mol. The average molecular weight is 987 g/mol. The van der Waals surface area contributed by atoms with Gasteiger partial charge in [-0.25, -0.2) is 0 Å². The van der Waals surface area contributed by atoms with Gasteiger partial charge in [0.15, 0.2) is 11.6 Å². The number of carboxylic acids is 1. The van der Waals surface area contributed by atoms with Crippen LogP contribution < -0.4 is 20.7 Å². The third kappa shape index (κ3) is 18.5. The Bertz CT molecular complexity index is 1760. The van der Waals surface area contributed by atoms with Gasteiger partial charge in [-0.15, -0.1) is 0 Å². The molecule has 3 saturated heterocycles. The van der Waals surface area contributed by atoms with Crippen LogP contribution in [0, 0.1) is 17.8 Å². The molecule has 5 aliphatic rings. The van der Waals surface area contributed by atoms with Crippen LogP contribution in [0.1, 0.15) is 57.9 Å². The predicted octanol–water partition coefficient (Wildman–Crippen LogP) is -1.67. The minimum Gasteiger partial charge on any atom is -0.494 e. The van der Waals surface area contributed by atoms with Gasteiger partial charge in [0.1, 0.15) is 12.4 Å². The number of nitrogens with zero attached hydrogens (tertiary/aromatic N) is 3. The summed E-state index contributed by atoms with van der Waals surface area (Å²) in [6.07, 6.45) is 1.32. The van der Waals surface area contributed by atoms with Crippen molar-refractivity contribution in [3.8, 4) is 5.75 Å². The van der Waals surface area contributed by atoms with E-state index in [1.165, 1.54) is 9.80 Å². The van der Waals surface area contributed by atoms with E-state index >= 15 is 0 Å². The fourth-order valence-corrected chi connectivity index (χ4v) is 10.3. The van der Waals surface area contributed by atoms with Gasteiger partial charge in [0.2, 0.25) is 11.8 Å². The number of benzene rings is 1. The summed E-state index contributed by atoms with van der Waals surface area (Å²) in [4.78, 5) is 120. The number of amides is 3. The Hall–Kier alpha value is -4.64. The van der Waals surface area contributed by atoms with Crippen molar-refractivity contribution in [2.45, 2.75) is 64.8 Å². The molecule has 5 aliphatic heterocycles. The Morgan fingerprint density at radius 2 is 1.43 bits per heavy atom. The summed E-state index contributed by atoms with van der Waals surface area (Å²) in [5.41, 5.74) is 0.758. The minimum absolute atomic E-state index is 0.0449. The molecule has 1 aromatic rings. The third-order valence-corrected chi connectivity index (χ3v) is 14.5. The molecule has 6 rings (SSSR count). The number of rotatable bonds is 16. The molecule has 3 atom stereocenters. The second-order valence-electron chi connectivity index (χ2n) is 16.2. The van der Waals surface area contributed by atoms with Gasteiger partial charge in [0.25, 0.3) is 0 Å². The second kappa shape index (κ2) is 26.2. The summed E-state index contributed by atoms with van der Waals surface area (Å²) >= 11 is -4.30. The summed E-state index contributed by atoms with van der Waals surface area (Å²) in [7, 11) is 0. The van der Waals surface area contributed by atoms with Gasteiger partial charge < -0.3 is 20.5 Å². The van der Waals surface area contributed by atoms with Crippen molar-refractivity contribution in [3.63, 3.8) is 0 Å². The van der Waals surface area contributed by atoms with Crippen molar-refractivity contribution < 1.29 is 66.7 Å². The van der Waals surface area contributed by atoms with E-state index in [0.29, 0.717) is 38.0 Å². The third-order valence-electron chi connectivity index (χ3n) is 10.6. The molecule has 3 unspecified atom stereocenters. The molecule has 5 heterocycles. The maximum atomic E-state index is 13.8. The maximum absolute atomic E-state index is 13.8. The number of ether oxygens (including phenoxy) is 1. The zero-order valence-corrected chi connectivity index (χ0v) is 39.2. The summed E-state index contributed by atoms with van der Waals surface area (Å²) < 4.78 is 21.3. The average Bonchev–Trinajstić information content (AvgIpc) is 3.21. The van der Waals surface area contributed by atoms with Crippen LogP contribution in [0.4, 0.5) is 0 Å². The number of carboxylic acid groups (broad SMARTS) is 1. The van der Waals surface area contributed by atoms with Crippen LogP contribution in [0.3, 0.4) is 0 Å². The molecule has 63 heavy (non-hydrogen) atoms. The second-order valence-corrected chi connectivity index (χ2v) is 19.9. The van der Waals surface area contributed by atoms with Crippen molar-refractivity contribution in [3.05, 3.63) is 29.8 Å². The Morgan fingerprint density at radius 3 is 2.06 bits per heavy atom. The summed E-state index contributed by atoms with van der Waals surface area (Å²) in [5, 5.41) is 27.5. The van der Waals surface area contributed by atoms with E-state index in [1.807, 2.05) is 26.0 Å². The molecule has 0 spiro atoms. The van der Waals surface area contributed by atoms with Crippen LogP contribution in [0.2, 0.25) is 0 Å². The Morgan fingerprint density at radius 1 is 0.810 bits per heavy atom. The van der Waals surface area contributed by atoms with E-state index in [4.69, 9.17) is 13.3 Å². The molecule has 3 amide bonds. The van der Waals surface area contributed by atoms with Crippen LogP contribution >= 0.6 is 0 Å². The standard InChI is InChI=1S/C41H62N6O15.In/c1-27(2)19-31-30(34(50)26-48)5-3-18-62-29-8-6-28(7-9-29)20-32(44-41(31)61)33(49)10-11-35(51)42-12-4-13-43-36(52)21-45(14-16-46(22-37(53)54)23-38(55)56)15-17-47(24-39(57)58)25-40(59)60;/h6-9,27,30-32,48H,3-5,10-26H2,1-2H3,(H,42,51)(H,43,52)(H,44,61)(H,53,54)(H,55,56)(H,57,58)(H,59,60);/q;+3/p-3/i;1-4. The maximum Gasteiger partial charge on any atom is 0.162 e. The fourth-order valence-electron chi connectivity index (χ4n) is 7.45. The van der Waals surface area contributed by atoms with Gasteiger partial charge in [-0.3, -0.25) is 19.2 Å². The van der Waals surface area contributed by atoms with Gasteiger partial charge >= 0.3 is 182 Å². The number of fused-ring (bicyclic) bond motifs is 23. The smallest absolute Gasteiger partial charge is 0.162 e. The van der Waals surface area contributed by atoms with Crippen molar-refractivity contribution in [1.82, 2.24) is 30.7 Å². The molecular weight excluding hydrogens is 927 g/mol. The normalized spacial score (nSPS) is 21.4. The molecule has 346 valence electrons. The van der Waals surface area contributed by atoms with Crippen LogP contribution in [-0.4, -0.2) is 192 Å². The number of ketones is 2. The summed E-state index contributed by atoms with van der Waals surface area (Å²) in [6.45, 7) is 2.74. The first-order valence-corrected chi connectivity index (χ1v) is 25.3. The van der Waals surface area contributed by atoms with Crippen LogP contribution in [0.15, 0.2) is 24.3 Å². The van der Waals surface area contributed by atoms with Gasteiger partial charge in [-0.2, -0.15) is 0 Å². The van der Waals surface area contributed by atoms with Gasteiger partial charge in [-0.05, 0) is 49.3 Å². The van der Waals surface area contributed by atoms with E-state index in [2.05, 4.69) is 16.0 Å². The van der Waals surface area contributed by atoms with Crippen molar-refractivity contribution in [2.75, 3.05) is 85.2 Å². The molecule has 0 saturated carbocycles. The molecule has 0 aromatic heterocycles.